The number of rotatable bonds is 8. The maximum atomic E-state index is 12.9. The third kappa shape index (κ3) is 5.64. The predicted octanol–water partition coefficient (Wildman–Crippen LogP) is 4.85. The molecule has 0 aliphatic heterocycles. The van der Waals surface area contributed by atoms with Crippen LogP contribution in [0.1, 0.15) is 56.8 Å². The van der Waals surface area contributed by atoms with E-state index in [9.17, 15) is 9.59 Å². The fourth-order valence-electron chi connectivity index (χ4n) is 3.04. The maximum absolute atomic E-state index is 12.9. The highest BCUT2D eigenvalue weighted by atomic mass is 16.6. The van der Waals surface area contributed by atoms with Gasteiger partial charge < -0.3 is 9.57 Å². The van der Waals surface area contributed by atoms with Crippen LogP contribution in [0.25, 0.3) is 0 Å². The highest BCUT2D eigenvalue weighted by Crippen LogP contribution is 2.38. The SMILES string of the molecule is C=CCO/N=C(/CCC)C1=C(OC(=O)c2ccccc2)CC(C)(C)CC1=O. The maximum Gasteiger partial charge on any atom is 0.343 e. The van der Waals surface area contributed by atoms with E-state index >= 15 is 0 Å². The topological polar surface area (TPSA) is 65.0 Å². The van der Waals surface area contributed by atoms with E-state index in [0.717, 1.165) is 6.42 Å². The molecular formula is C22H27NO4. The van der Waals surface area contributed by atoms with Crippen LogP contribution in [-0.4, -0.2) is 24.1 Å². The lowest BCUT2D eigenvalue weighted by Crippen LogP contribution is -2.31. The van der Waals surface area contributed by atoms with Crippen molar-refractivity contribution in [1.82, 2.24) is 0 Å². The smallest absolute Gasteiger partial charge is 0.343 e. The summed E-state index contributed by atoms with van der Waals surface area (Å²) in [5.74, 6) is -0.174. The molecule has 0 spiro atoms. The number of carbonyl (C=O) groups is 2. The Bertz CT molecular complexity index is 760. The van der Waals surface area contributed by atoms with Gasteiger partial charge in [-0.3, -0.25) is 4.79 Å². The Labute approximate surface area is 160 Å². The Morgan fingerprint density at radius 3 is 2.59 bits per heavy atom. The number of ketones is 1. The van der Waals surface area contributed by atoms with Crippen molar-refractivity contribution in [2.75, 3.05) is 6.61 Å². The quantitative estimate of drug-likeness (QED) is 0.216. The van der Waals surface area contributed by atoms with Crippen molar-refractivity contribution in [3.05, 3.63) is 59.9 Å². The van der Waals surface area contributed by atoms with Crippen molar-refractivity contribution in [3.8, 4) is 0 Å². The first-order valence-electron chi connectivity index (χ1n) is 9.21. The van der Waals surface area contributed by atoms with Gasteiger partial charge in [0, 0.05) is 12.8 Å². The molecule has 0 fully saturated rings. The third-order valence-corrected chi connectivity index (χ3v) is 4.20. The molecule has 0 heterocycles. The lowest BCUT2D eigenvalue weighted by atomic mass is 9.75. The Kier molecular flexibility index (Phi) is 7.11. The molecule has 0 atom stereocenters. The molecule has 5 heteroatoms. The number of hydrogen-bond acceptors (Lipinski definition) is 5. The number of esters is 1. The third-order valence-electron chi connectivity index (χ3n) is 4.20. The molecule has 5 nitrogen and oxygen atoms in total. The molecule has 1 aromatic rings. The number of carbonyl (C=O) groups excluding carboxylic acids is 2. The standard InChI is InChI=1S/C22H27NO4/c1-5-10-17(23-26-13-6-2)20-18(24)14-22(3,4)15-19(20)27-21(25)16-11-8-7-9-12-16/h6-9,11-12H,2,5,10,13-15H2,1,3-4H3/b23-17-. The largest absolute Gasteiger partial charge is 0.427 e. The van der Waals surface area contributed by atoms with E-state index in [4.69, 9.17) is 9.57 Å². The molecule has 0 saturated heterocycles. The van der Waals surface area contributed by atoms with Crippen molar-refractivity contribution in [2.24, 2.45) is 10.6 Å². The zero-order valence-electron chi connectivity index (χ0n) is 16.3. The van der Waals surface area contributed by atoms with E-state index < -0.39 is 5.97 Å². The highest BCUT2D eigenvalue weighted by Gasteiger charge is 2.37. The summed E-state index contributed by atoms with van der Waals surface area (Å²) in [6, 6.07) is 8.75. The molecule has 0 aromatic heterocycles. The van der Waals surface area contributed by atoms with Crippen molar-refractivity contribution < 1.29 is 19.2 Å². The van der Waals surface area contributed by atoms with Crippen LogP contribution in [0.4, 0.5) is 0 Å². The average molecular weight is 369 g/mol. The summed E-state index contributed by atoms with van der Waals surface area (Å²) >= 11 is 0. The second kappa shape index (κ2) is 9.31. The Balaban J connectivity index is 2.43. The number of hydrogen-bond donors (Lipinski definition) is 0. The molecular weight excluding hydrogens is 342 g/mol. The molecule has 1 aliphatic rings. The van der Waals surface area contributed by atoms with Gasteiger partial charge in [-0.2, -0.15) is 0 Å². The van der Waals surface area contributed by atoms with Crippen molar-refractivity contribution >= 4 is 17.5 Å². The molecule has 1 aliphatic carbocycles. The summed E-state index contributed by atoms with van der Waals surface area (Å²) in [5.41, 5.74) is 1.06. The minimum absolute atomic E-state index is 0.0727. The number of allylic oxidation sites excluding steroid dienone is 2. The van der Waals surface area contributed by atoms with Gasteiger partial charge in [0.25, 0.3) is 0 Å². The van der Waals surface area contributed by atoms with E-state index in [1.807, 2.05) is 26.8 Å². The van der Waals surface area contributed by atoms with E-state index in [2.05, 4.69) is 11.7 Å². The van der Waals surface area contributed by atoms with Gasteiger partial charge in [-0.25, -0.2) is 4.79 Å². The van der Waals surface area contributed by atoms with Crippen LogP contribution in [-0.2, 0) is 14.4 Å². The summed E-state index contributed by atoms with van der Waals surface area (Å²) in [6.45, 7) is 9.82. The molecule has 2 rings (SSSR count). The summed E-state index contributed by atoms with van der Waals surface area (Å²) < 4.78 is 5.69. The number of oxime groups is 1. The van der Waals surface area contributed by atoms with Crippen molar-refractivity contribution in [3.63, 3.8) is 0 Å². The molecule has 0 unspecified atom stereocenters. The van der Waals surface area contributed by atoms with Gasteiger partial charge in [-0.15, -0.1) is 0 Å². The summed E-state index contributed by atoms with van der Waals surface area (Å²) in [6.07, 6.45) is 3.79. The molecule has 0 N–H and O–H groups in total. The van der Waals surface area contributed by atoms with Gasteiger partial charge in [0.15, 0.2) is 5.78 Å². The molecule has 0 amide bonds. The Morgan fingerprint density at radius 2 is 1.96 bits per heavy atom. The van der Waals surface area contributed by atoms with Gasteiger partial charge in [-0.05, 0) is 24.0 Å². The lowest BCUT2D eigenvalue weighted by molar-refractivity contribution is -0.118. The zero-order valence-corrected chi connectivity index (χ0v) is 16.3. The van der Waals surface area contributed by atoms with Crippen molar-refractivity contribution in [2.45, 2.75) is 46.5 Å². The predicted molar refractivity (Wildman–Crippen MR) is 105 cm³/mol. The Morgan fingerprint density at radius 1 is 1.26 bits per heavy atom. The van der Waals surface area contributed by atoms with Crippen LogP contribution in [0.2, 0.25) is 0 Å². The van der Waals surface area contributed by atoms with E-state index in [-0.39, 0.29) is 17.8 Å². The average Bonchev–Trinajstić information content (AvgIpc) is 2.61. The van der Waals surface area contributed by atoms with Gasteiger partial charge in [0.1, 0.15) is 12.4 Å². The fourth-order valence-corrected chi connectivity index (χ4v) is 3.04. The minimum atomic E-state index is -0.476. The lowest BCUT2D eigenvalue weighted by Gasteiger charge is -2.31. The monoisotopic (exact) mass is 369 g/mol. The molecule has 144 valence electrons. The molecule has 27 heavy (non-hydrogen) atoms. The number of nitrogens with zero attached hydrogens (tertiary/aromatic N) is 1. The Hall–Kier alpha value is -2.69. The van der Waals surface area contributed by atoms with Gasteiger partial charge >= 0.3 is 5.97 Å². The second-order valence-electron chi connectivity index (χ2n) is 7.37. The van der Waals surface area contributed by atoms with Gasteiger partial charge in [0.05, 0.1) is 16.8 Å². The normalized spacial score (nSPS) is 16.9. The summed E-state index contributed by atoms with van der Waals surface area (Å²) in [5, 5.41) is 4.13. The number of benzene rings is 1. The fraction of sp³-hybridized carbons (Fsp3) is 0.409. The van der Waals surface area contributed by atoms with Crippen LogP contribution in [0.3, 0.4) is 0 Å². The first-order chi connectivity index (χ1) is 12.9. The summed E-state index contributed by atoms with van der Waals surface area (Å²) in [4.78, 5) is 30.7. The first kappa shape index (κ1) is 20.6. The molecule has 1 aromatic carbocycles. The summed E-state index contributed by atoms with van der Waals surface area (Å²) in [7, 11) is 0. The van der Waals surface area contributed by atoms with E-state index in [1.165, 1.54) is 0 Å². The van der Waals surface area contributed by atoms with Gasteiger partial charge in [0.2, 0.25) is 0 Å². The molecule has 0 saturated carbocycles. The minimum Gasteiger partial charge on any atom is -0.427 e. The second-order valence-corrected chi connectivity index (χ2v) is 7.37. The zero-order chi connectivity index (χ0) is 19.9. The van der Waals surface area contributed by atoms with Crippen LogP contribution in [0, 0.1) is 5.41 Å². The van der Waals surface area contributed by atoms with E-state index in [0.29, 0.717) is 41.9 Å². The first-order valence-corrected chi connectivity index (χ1v) is 9.21. The van der Waals surface area contributed by atoms with Crippen LogP contribution >= 0.6 is 0 Å². The molecule has 0 radical (unpaired) electrons. The van der Waals surface area contributed by atoms with Gasteiger partial charge in [-0.1, -0.05) is 63.2 Å². The van der Waals surface area contributed by atoms with Crippen LogP contribution in [0.5, 0.6) is 0 Å². The number of Topliss-reactive ketones (excluding diaryl/α,β-unsaturated/α-hetero) is 1. The van der Waals surface area contributed by atoms with Crippen LogP contribution < -0.4 is 0 Å². The van der Waals surface area contributed by atoms with E-state index in [1.54, 1.807) is 30.3 Å². The molecule has 0 bridgehead atoms. The number of ether oxygens (including phenoxy) is 1. The van der Waals surface area contributed by atoms with Crippen molar-refractivity contribution in [1.29, 1.82) is 0 Å². The highest BCUT2D eigenvalue weighted by molar-refractivity contribution is 6.23. The van der Waals surface area contributed by atoms with Crippen LogP contribution in [0.15, 0.2) is 59.5 Å².